The van der Waals surface area contributed by atoms with Crippen LogP contribution in [0.2, 0.25) is 0 Å². The van der Waals surface area contributed by atoms with E-state index in [4.69, 9.17) is 9.47 Å². The second-order valence-corrected chi connectivity index (χ2v) is 7.82. The second-order valence-electron chi connectivity index (χ2n) is 7.82. The molecule has 0 aliphatic carbocycles. The number of esters is 1. The Balaban J connectivity index is 2.87. The van der Waals surface area contributed by atoms with E-state index in [2.05, 4.69) is 10.3 Å². The Bertz CT molecular complexity index is 673. The summed E-state index contributed by atoms with van der Waals surface area (Å²) >= 11 is 0. The minimum atomic E-state index is -1.22. The number of alkyl carbamates (subject to hydrolysis) is 1. The number of carbonyl (C=O) groups excluding carboxylic acids is 2. The first-order chi connectivity index (χ1) is 11.8. The van der Waals surface area contributed by atoms with Crippen LogP contribution in [0.1, 0.15) is 57.5 Å². The van der Waals surface area contributed by atoms with E-state index in [1.807, 2.05) is 0 Å². The number of carbonyl (C=O) groups is 3. The van der Waals surface area contributed by atoms with Gasteiger partial charge in [0, 0.05) is 18.8 Å². The number of pyridine rings is 1. The molecule has 0 aromatic carbocycles. The third kappa shape index (κ3) is 7.96. The molecule has 1 aromatic heterocycles. The first-order valence-corrected chi connectivity index (χ1v) is 8.16. The minimum Gasteiger partial charge on any atom is -0.480 e. The van der Waals surface area contributed by atoms with Gasteiger partial charge in [0.05, 0.1) is 5.56 Å². The molecule has 144 valence electrons. The molecule has 8 nitrogen and oxygen atoms in total. The van der Waals surface area contributed by atoms with Crippen LogP contribution in [-0.2, 0) is 20.7 Å². The van der Waals surface area contributed by atoms with Gasteiger partial charge in [-0.15, -0.1) is 0 Å². The molecule has 1 amide bonds. The molecule has 1 atom stereocenters. The normalized spacial score (nSPS) is 12.8. The van der Waals surface area contributed by atoms with Crippen LogP contribution < -0.4 is 5.32 Å². The Kier molecular flexibility index (Phi) is 6.72. The predicted octanol–water partition coefficient (Wildman–Crippen LogP) is 2.56. The van der Waals surface area contributed by atoms with Gasteiger partial charge < -0.3 is 19.9 Å². The fourth-order valence-corrected chi connectivity index (χ4v) is 1.93. The number of hydrogen-bond donors (Lipinski definition) is 2. The lowest BCUT2D eigenvalue weighted by atomic mass is 10.1. The zero-order valence-electron chi connectivity index (χ0n) is 16.0. The molecule has 0 fully saturated rings. The summed E-state index contributed by atoms with van der Waals surface area (Å²) in [7, 11) is 0. The van der Waals surface area contributed by atoms with Gasteiger partial charge in [0.1, 0.15) is 17.2 Å². The zero-order valence-corrected chi connectivity index (χ0v) is 16.0. The summed E-state index contributed by atoms with van der Waals surface area (Å²) in [5, 5.41) is 11.6. The predicted molar refractivity (Wildman–Crippen MR) is 93.9 cm³/mol. The van der Waals surface area contributed by atoms with Crippen molar-refractivity contribution in [1.29, 1.82) is 0 Å². The number of aromatic nitrogens is 1. The van der Waals surface area contributed by atoms with Crippen LogP contribution in [0.25, 0.3) is 0 Å². The fourth-order valence-electron chi connectivity index (χ4n) is 1.93. The molecule has 0 unspecified atom stereocenters. The Morgan fingerprint density at radius 2 is 1.65 bits per heavy atom. The smallest absolute Gasteiger partial charge is 0.408 e. The molecule has 1 heterocycles. The Hall–Kier alpha value is -2.64. The van der Waals surface area contributed by atoms with Crippen LogP contribution in [0.3, 0.4) is 0 Å². The maximum Gasteiger partial charge on any atom is 0.408 e. The van der Waals surface area contributed by atoms with E-state index in [9.17, 15) is 19.5 Å². The summed E-state index contributed by atoms with van der Waals surface area (Å²) in [5.41, 5.74) is -0.726. The third-order valence-corrected chi connectivity index (χ3v) is 2.86. The maximum absolute atomic E-state index is 12.1. The van der Waals surface area contributed by atoms with Crippen molar-refractivity contribution in [2.45, 2.75) is 65.2 Å². The molecule has 2 N–H and O–H groups in total. The van der Waals surface area contributed by atoms with E-state index in [0.717, 1.165) is 0 Å². The molecule has 26 heavy (non-hydrogen) atoms. The van der Waals surface area contributed by atoms with Crippen molar-refractivity contribution in [3.63, 3.8) is 0 Å². The highest BCUT2D eigenvalue weighted by Gasteiger charge is 2.25. The number of carboxylic acid groups (broad SMARTS) is 1. The Morgan fingerprint density at radius 1 is 1.08 bits per heavy atom. The van der Waals surface area contributed by atoms with Gasteiger partial charge in [-0.2, -0.15) is 0 Å². The molecule has 0 saturated carbocycles. The van der Waals surface area contributed by atoms with Crippen molar-refractivity contribution in [3.8, 4) is 0 Å². The second kappa shape index (κ2) is 8.16. The van der Waals surface area contributed by atoms with E-state index in [1.165, 1.54) is 18.5 Å². The SMILES string of the molecule is CC(C)(C)OC(=O)N[C@H](Cc1cncc(C(=O)OC(C)(C)C)c1)C(=O)O. The molecule has 1 rings (SSSR count). The topological polar surface area (TPSA) is 115 Å². The lowest BCUT2D eigenvalue weighted by molar-refractivity contribution is -0.139. The molecule has 0 aliphatic heterocycles. The van der Waals surface area contributed by atoms with E-state index in [0.29, 0.717) is 5.56 Å². The van der Waals surface area contributed by atoms with Crippen molar-refractivity contribution in [1.82, 2.24) is 10.3 Å². The van der Waals surface area contributed by atoms with E-state index in [1.54, 1.807) is 41.5 Å². The van der Waals surface area contributed by atoms with Crippen LogP contribution in [0.15, 0.2) is 18.5 Å². The van der Waals surface area contributed by atoms with Gasteiger partial charge in [-0.1, -0.05) is 0 Å². The average molecular weight is 366 g/mol. The molecular formula is C18H26N2O6. The van der Waals surface area contributed by atoms with Gasteiger partial charge in [0.15, 0.2) is 0 Å². The molecule has 0 spiro atoms. The highest BCUT2D eigenvalue weighted by Crippen LogP contribution is 2.14. The van der Waals surface area contributed by atoms with Crippen molar-refractivity contribution in [2.24, 2.45) is 0 Å². The summed E-state index contributed by atoms with van der Waals surface area (Å²) in [4.78, 5) is 39.3. The van der Waals surface area contributed by atoms with Crippen LogP contribution in [0.5, 0.6) is 0 Å². The largest absolute Gasteiger partial charge is 0.480 e. The molecule has 0 radical (unpaired) electrons. The first kappa shape index (κ1) is 21.4. The fraction of sp³-hybridized carbons (Fsp3) is 0.556. The van der Waals surface area contributed by atoms with Gasteiger partial charge in [0.25, 0.3) is 0 Å². The van der Waals surface area contributed by atoms with Crippen LogP contribution >= 0.6 is 0 Å². The average Bonchev–Trinajstić information content (AvgIpc) is 2.43. The quantitative estimate of drug-likeness (QED) is 0.770. The highest BCUT2D eigenvalue weighted by molar-refractivity contribution is 5.89. The zero-order chi connectivity index (χ0) is 20.1. The lowest BCUT2D eigenvalue weighted by Crippen LogP contribution is -2.44. The van der Waals surface area contributed by atoms with Gasteiger partial charge in [-0.05, 0) is 53.2 Å². The van der Waals surface area contributed by atoms with Crippen molar-refractivity contribution < 1.29 is 29.0 Å². The number of hydrogen-bond acceptors (Lipinski definition) is 6. The standard InChI is InChI=1S/C18H26N2O6/c1-17(2,3)25-15(23)12-7-11(9-19-10-12)8-13(14(21)22)20-16(24)26-18(4,5)6/h7,9-10,13H,8H2,1-6H3,(H,20,24)(H,21,22)/t13-/m1/s1. The van der Waals surface area contributed by atoms with E-state index < -0.39 is 35.3 Å². The van der Waals surface area contributed by atoms with E-state index in [-0.39, 0.29) is 12.0 Å². The number of nitrogens with zero attached hydrogens (tertiary/aromatic N) is 1. The minimum absolute atomic E-state index is 0.0573. The van der Waals surface area contributed by atoms with Crippen molar-refractivity contribution >= 4 is 18.0 Å². The summed E-state index contributed by atoms with van der Waals surface area (Å²) < 4.78 is 10.3. The summed E-state index contributed by atoms with van der Waals surface area (Å²) in [6.07, 6.45) is 1.88. The van der Waals surface area contributed by atoms with Crippen LogP contribution in [-0.4, -0.2) is 45.4 Å². The summed E-state index contributed by atoms with van der Waals surface area (Å²) in [5.74, 6) is -1.78. The third-order valence-electron chi connectivity index (χ3n) is 2.86. The molecule has 0 aliphatic rings. The first-order valence-electron chi connectivity index (χ1n) is 8.16. The van der Waals surface area contributed by atoms with Gasteiger partial charge in [0.2, 0.25) is 0 Å². The Morgan fingerprint density at radius 3 is 2.15 bits per heavy atom. The van der Waals surface area contributed by atoms with Crippen molar-refractivity contribution in [2.75, 3.05) is 0 Å². The van der Waals surface area contributed by atoms with Gasteiger partial charge in [-0.25, -0.2) is 14.4 Å². The lowest BCUT2D eigenvalue weighted by Gasteiger charge is -2.22. The molecule has 8 heteroatoms. The summed E-state index contributed by atoms with van der Waals surface area (Å²) in [6, 6.07) is 0.272. The molecule has 1 aromatic rings. The van der Waals surface area contributed by atoms with Crippen LogP contribution in [0.4, 0.5) is 4.79 Å². The Labute approximate surface area is 152 Å². The molecular weight excluding hydrogens is 340 g/mol. The number of amides is 1. The molecule has 0 bridgehead atoms. The monoisotopic (exact) mass is 366 g/mol. The number of nitrogens with one attached hydrogen (secondary N) is 1. The highest BCUT2D eigenvalue weighted by atomic mass is 16.6. The summed E-state index contributed by atoms with van der Waals surface area (Å²) in [6.45, 7) is 10.3. The molecule has 0 saturated heterocycles. The van der Waals surface area contributed by atoms with E-state index >= 15 is 0 Å². The maximum atomic E-state index is 12.1. The van der Waals surface area contributed by atoms with Gasteiger partial charge in [-0.3, -0.25) is 4.98 Å². The van der Waals surface area contributed by atoms with Crippen LogP contribution in [0, 0.1) is 0 Å². The number of carboxylic acids is 1. The van der Waals surface area contributed by atoms with Gasteiger partial charge >= 0.3 is 18.0 Å². The number of rotatable bonds is 5. The number of aliphatic carboxylic acids is 1. The van der Waals surface area contributed by atoms with Crippen molar-refractivity contribution in [3.05, 3.63) is 29.6 Å². The number of ether oxygens (including phenoxy) is 2.